The number of hydrogen-bond acceptors (Lipinski definition) is 6. The minimum absolute atomic E-state index is 0.149. The highest BCUT2D eigenvalue weighted by molar-refractivity contribution is 9.10. The Kier molecular flexibility index (Phi) is 5.20. The van der Waals surface area contributed by atoms with Crippen molar-refractivity contribution >= 4 is 33.0 Å². The summed E-state index contributed by atoms with van der Waals surface area (Å²) >= 11 is 3.22. The molecule has 1 aromatic carbocycles. The summed E-state index contributed by atoms with van der Waals surface area (Å²) in [6.45, 7) is 0.202. The lowest BCUT2D eigenvalue weighted by Gasteiger charge is -2.14. The van der Waals surface area contributed by atoms with Crippen molar-refractivity contribution in [2.45, 2.75) is 19.5 Å². The molecule has 0 aliphatic heterocycles. The number of hydrogen-bond donors (Lipinski definition) is 3. The van der Waals surface area contributed by atoms with E-state index in [-0.39, 0.29) is 23.7 Å². The van der Waals surface area contributed by atoms with Gasteiger partial charge >= 0.3 is 12.1 Å². The SMILES string of the molecule is O=c1[nH]c2cnc(NCc3cn[nH]c3)nc2n1Cc1cc(Br)ccc1OC(F)(F)F. The van der Waals surface area contributed by atoms with Gasteiger partial charge in [-0.15, -0.1) is 13.2 Å². The molecule has 0 aliphatic rings. The highest BCUT2D eigenvalue weighted by Gasteiger charge is 2.32. The standard InChI is InChI=1S/C17H13BrF3N7O2/c18-11-1-2-13(30-17(19,20)21)10(3-11)8-28-14-12(26-16(28)29)7-23-15(27-14)22-4-9-5-24-25-6-9/h1-3,5-7H,4,8H2,(H,24,25)(H,26,29)(H,22,23,27). The first-order chi connectivity index (χ1) is 14.3. The maximum absolute atomic E-state index is 12.7. The Balaban J connectivity index is 1.67. The number of H-pyrrole nitrogens is 2. The lowest BCUT2D eigenvalue weighted by Crippen LogP contribution is -2.21. The van der Waals surface area contributed by atoms with Crippen LogP contribution in [0.25, 0.3) is 11.2 Å². The molecule has 0 atom stereocenters. The number of anilines is 1. The Morgan fingerprint density at radius 1 is 1.27 bits per heavy atom. The van der Waals surface area contributed by atoms with Crippen LogP contribution < -0.4 is 15.7 Å². The normalized spacial score (nSPS) is 11.7. The highest BCUT2D eigenvalue weighted by Crippen LogP contribution is 2.29. The van der Waals surface area contributed by atoms with Crippen LogP contribution in [0.3, 0.4) is 0 Å². The van der Waals surface area contributed by atoms with Crippen LogP contribution in [0.2, 0.25) is 0 Å². The quantitative estimate of drug-likeness (QED) is 0.388. The average Bonchev–Trinajstić information content (AvgIpc) is 3.29. The lowest BCUT2D eigenvalue weighted by molar-refractivity contribution is -0.274. The Labute approximate surface area is 174 Å². The smallest absolute Gasteiger partial charge is 0.405 e. The van der Waals surface area contributed by atoms with Gasteiger partial charge in [0.1, 0.15) is 11.3 Å². The molecule has 3 heterocycles. The van der Waals surface area contributed by atoms with Crippen molar-refractivity contribution in [3.63, 3.8) is 0 Å². The van der Waals surface area contributed by atoms with Crippen molar-refractivity contribution in [3.05, 3.63) is 62.9 Å². The van der Waals surface area contributed by atoms with Crippen LogP contribution >= 0.6 is 15.9 Å². The van der Waals surface area contributed by atoms with Crippen molar-refractivity contribution in [1.29, 1.82) is 0 Å². The van der Waals surface area contributed by atoms with Crippen molar-refractivity contribution in [2.75, 3.05) is 5.32 Å². The molecular weight excluding hydrogens is 471 g/mol. The first-order valence-corrected chi connectivity index (χ1v) is 9.29. The first kappa shape index (κ1) is 19.9. The van der Waals surface area contributed by atoms with Crippen molar-refractivity contribution in [3.8, 4) is 5.75 Å². The highest BCUT2D eigenvalue weighted by atomic mass is 79.9. The van der Waals surface area contributed by atoms with Gasteiger partial charge in [0, 0.05) is 28.3 Å². The maximum Gasteiger partial charge on any atom is 0.573 e. The molecule has 4 aromatic rings. The third kappa shape index (κ3) is 4.45. The Morgan fingerprint density at radius 2 is 2.10 bits per heavy atom. The van der Waals surface area contributed by atoms with Crippen molar-refractivity contribution in [2.24, 2.45) is 0 Å². The minimum atomic E-state index is -4.86. The maximum atomic E-state index is 12.7. The van der Waals surface area contributed by atoms with E-state index in [0.717, 1.165) is 5.56 Å². The predicted molar refractivity (Wildman–Crippen MR) is 104 cm³/mol. The zero-order valence-electron chi connectivity index (χ0n) is 15.0. The molecule has 0 spiro atoms. The molecule has 3 N–H and O–H groups in total. The molecule has 13 heteroatoms. The van der Waals surface area contributed by atoms with Crippen LogP contribution in [-0.4, -0.2) is 36.1 Å². The molecule has 0 unspecified atom stereocenters. The number of rotatable bonds is 6. The van der Waals surface area contributed by atoms with Gasteiger partial charge in [-0.05, 0) is 18.2 Å². The van der Waals surface area contributed by atoms with Gasteiger partial charge in [-0.25, -0.2) is 9.78 Å². The van der Waals surface area contributed by atoms with Gasteiger partial charge in [-0.3, -0.25) is 9.67 Å². The molecule has 30 heavy (non-hydrogen) atoms. The van der Waals surface area contributed by atoms with Gasteiger partial charge in [0.2, 0.25) is 5.95 Å². The second-order valence-corrected chi connectivity index (χ2v) is 7.12. The summed E-state index contributed by atoms with van der Waals surface area (Å²) < 4.78 is 44.1. The molecule has 9 nitrogen and oxygen atoms in total. The molecule has 0 fully saturated rings. The summed E-state index contributed by atoms with van der Waals surface area (Å²) in [5.74, 6) is -0.156. The number of fused-ring (bicyclic) bond motifs is 1. The van der Waals surface area contributed by atoms with E-state index in [0.29, 0.717) is 16.5 Å². The van der Waals surface area contributed by atoms with Crippen LogP contribution in [0.5, 0.6) is 5.75 Å². The number of aromatic amines is 2. The molecule has 3 aromatic heterocycles. The molecule has 156 valence electrons. The average molecular weight is 484 g/mol. The van der Waals surface area contributed by atoms with Gasteiger partial charge < -0.3 is 15.0 Å². The van der Waals surface area contributed by atoms with E-state index >= 15 is 0 Å². The molecule has 0 bridgehead atoms. The molecular formula is C17H13BrF3N7O2. The fourth-order valence-corrected chi connectivity index (χ4v) is 3.21. The number of alkyl halides is 3. The molecule has 0 radical (unpaired) electrons. The Bertz CT molecular complexity index is 1230. The number of ether oxygens (including phenoxy) is 1. The first-order valence-electron chi connectivity index (χ1n) is 8.50. The number of benzene rings is 1. The largest absolute Gasteiger partial charge is 0.573 e. The topological polar surface area (TPSA) is 114 Å². The summed E-state index contributed by atoms with van der Waals surface area (Å²) in [5.41, 5.74) is 1.07. The fraction of sp³-hybridized carbons (Fsp3) is 0.176. The van der Waals surface area contributed by atoms with Crippen LogP contribution in [0.15, 0.2) is 46.1 Å². The van der Waals surface area contributed by atoms with E-state index < -0.39 is 17.8 Å². The van der Waals surface area contributed by atoms with Gasteiger partial charge in [0.25, 0.3) is 0 Å². The fourth-order valence-electron chi connectivity index (χ4n) is 2.80. The monoisotopic (exact) mass is 483 g/mol. The second-order valence-electron chi connectivity index (χ2n) is 6.21. The molecule has 0 saturated heterocycles. The molecule has 0 saturated carbocycles. The molecule has 0 amide bonds. The lowest BCUT2D eigenvalue weighted by atomic mass is 10.2. The number of halogens is 4. The van der Waals surface area contributed by atoms with Gasteiger partial charge in [-0.2, -0.15) is 10.1 Å². The van der Waals surface area contributed by atoms with E-state index in [1.165, 1.54) is 29.0 Å². The summed E-state index contributed by atoms with van der Waals surface area (Å²) in [4.78, 5) is 23.5. The summed E-state index contributed by atoms with van der Waals surface area (Å²) in [5, 5.41) is 9.52. The van der Waals surface area contributed by atoms with E-state index in [1.807, 2.05) is 0 Å². The second kappa shape index (κ2) is 7.82. The molecule has 0 aliphatic carbocycles. The third-order valence-electron chi connectivity index (χ3n) is 4.09. The van der Waals surface area contributed by atoms with Gasteiger partial charge in [0.05, 0.1) is 18.9 Å². The zero-order valence-corrected chi connectivity index (χ0v) is 16.6. The number of nitrogens with one attached hydrogen (secondary N) is 3. The number of aromatic nitrogens is 6. The summed E-state index contributed by atoms with van der Waals surface area (Å²) in [6, 6.07) is 4.05. The van der Waals surface area contributed by atoms with Crippen LogP contribution in [0.4, 0.5) is 19.1 Å². The van der Waals surface area contributed by atoms with Gasteiger partial charge in [0.15, 0.2) is 5.65 Å². The van der Waals surface area contributed by atoms with Crippen molar-refractivity contribution in [1.82, 2.24) is 29.7 Å². The zero-order chi connectivity index (χ0) is 21.3. The minimum Gasteiger partial charge on any atom is -0.405 e. The third-order valence-corrected chi connectivity index (χ3v) is 4.59. The van der Waals surface area contributed by atoms with E-state index in [4.69, 9.17) is 0 Å². The Morgan fingerprint density at radius 3 is 2.83 bits per heavy atom. The van der Waals surface area contributed by atoms with Crippen LogP contribution in [0.1, 0.15) is 11.1 Å². The van der Waals surface area contributed by atoms with E-state index in [1.54, 1.807) is 12.4 Å². The Hall–Kier alpha value is -3.35. The number of imidazole rings is 1. The van der Waals surface area contributed by atoms with Crippen LogP contribution in [-0.2, 0) is 13.1 Å². The molecule has 4 rings (SSSR count). The van der Waals surface area contributed by atoms with E-state index in [9.17, 15) is 18.0 Å². The van der Waals surface area contributed by atoms with Crippen LogP contribution in [0, 0.1) is 0 Å². The van der Waals surface area contributed by atoms with Crippen molar-refractivity contribution < 1.29 is 17.9 Å². The summed E-state index contributed by atoms with van der Waals surface area (Å²) in [7, 11) is 0. The predicted octanol–water partition coefficient (Wildman–Crippen LogP) is 3.16. The number of nitrogens with zero attached hydrogens (tertiary/aromatic N) is 4. The van der Waals surface area contributed by atoms with Gasteiger partial charge in [-0.1, -0.05) is 15.9 Å². The van der Waals surface area contributed by atoms with E-state index in [2.05, 4.69) is 51.1 Å². The summed E-state index contributed by atoms with van der Waals surface area (Å²) in [6.07, 6.45) is -0.105.